The number of rotatable bonds is 5. The van der Waals surface area contributed by atoms with E-state index in [1.165, 1.54) is 18.4 Å². The van der Waals surface area contributed by atoms with Gasteiger partial charge in [-0.3, -0.25) is 4.57 Å². The molecule has 1 saturated carbocycles. The first-order chi connectivity index (χ1) is 13.1. The van der Waals surface area contributed by atoms with E-state index in [0.717, 1.165) is 16.5 Å². The van der Waals surface area contributed by atoms with E-state index in [1.807, 2.05) is 32.0 Å². The molecule has 136 valence electrons. The Hall–Kier alpha value is -3.06. The highest BCUT2D eigenvalue weighted by Crippen LogP contribution is 2.40. The van der Waals surface area contributed by atoms with Gasteiger partial charge in [0.1, 0.15) is 12.4 Å². The third-order valence-electron chi connectivity index (χ3n) is 4.97. The Bertz CT molecular complexity index is 1080. The summed E-state index contributed by atoms with van der Waals surface area (Å²) in [5.74, 6) is 3.85. The lowest BCUT2D eigenvalue weighted by Crippen LogP contribution is -2.25. The van der Waals surface area contributed by atoms with Crippen molar-refractivity contribution in [2.75, 3.05) is 6.61 Å². The van der Waals surface area contributed by atoms with Crippen LogP contribution in [0.2, 0.25) is 0 Å². The van der Waals surface area contributed by atoms with Gasteiger partial charge < -0.3 is 4.74 Å². The molecular weight excluding hydrogens is 336 g/mol. The summed E-state index contributed by atoms with van der Waals surface area (Å²) in [6, 6.07) is 14.1. The zero-order chi connectivity index (χ0) is 19.0. The summed E-state index contributed by atoms with van der Waals surface area (Å²) >= 11 is 0. The van der Waals surface area contributed by atoms with E-state index in [-0.39, 0.29) is 18.3 Å². The van der Waals surface area contributed by atoms with Gasteiger partial charge in [0.05, 0.1) is 11.2 Å². The van der Waals surface area contributed by atoms with Gasteiger partial charge in [0.2, 0.25) is 0 Å². The summed E-state index contributed by atoms with van der Waals surface area (Å²) in [7, 11) is 0. The van der Waals surface area contributed by atoms with Crippen molar-refractivity contribution >= 4 is 10.9 Å². The highest BCUT2D eigenvalue weighted by Gasteiger charge is 2.23. The van der Waals surface area contributed by atoms with Crippen molar-refractivity contribution < 1.29 is 4.74 Å². The van der Waals surface area contributed by atoms with Crippen LogP contribution in [0.4, 0.5) is 0 Å². The summed E-state index contributed by atoms with van der Waals surface area (Å²) in [4.78, 5) is 17.1. The summed E-state index contributed by atoms with van der Waals surface area (Å²) in [6.07, 6.45) is 7.83. The number of hydrogen-bond donors (Lipinski definition) is 0. The second kappa shape index (κ2) is 6.92. The number of aromatic nitrogens is 2. The van der Waals surface area contributed by atoms with Crippen LogP contribution in [-0.4, -0.2) is 16.2 Å². The van der Waals surface area contributed by atoms with Crippen LogP contribution in [0.5, 0.6) is 5.75 Å². The minimum atomic E-state index is -0.240. The minimum absolute atomic E-state index is 0.0104. The Kier molecular flexibility index (Phi) is 4.45. The van der Waals surface area contributed by atoms with Crippen molar-refractivity contribution in [1.82, 2.24) is 9.55 Å². The average molecular weight is 358 g/mol. The Morgan fingerprint density at radius 1 is 1.22 bits per heavy atom. The maximum Gasteiger partial charge on any atom is 0.348 e. The summed E-state index contributed by atoms with van der Waals surface area (Å²) in [6.45, 7) is 4.17. The molecule has 1 aromatic heterocycles. The lowest BCUT2D eigenvalue weighted by Gasteiger charge is -2.16. The van der Waals surface area contributed by atoms with Crippen LogP contribution in [0.3, 0.4) is 0 Å². The Balaban J connectivity index is 1.90. The molecule has 0 amide bonds. The van der Waals surface area contributed by atoms with E-state index in [9.17, 15) is 4.79 Å². The molecule has 0 aliphatic heterocycles. The number of fused-ring (bicyclic) bond motifs is 1. The lowest BCUT2D eigenvalue weighted by molar-refractivity contribution is 0.371. The van der Waals surface area contributed by atoms with Crippen molar-refractivity contribution in [1.29, 1.82) is 0 Å². The molecule has 1 fully saturated rings. The van der Waals surface area contributed by atoms with Crippen molar-refractivity contribution in [3.8, 4) is 29.4 Å². The fraction of sp³-hybridized carbons (Fsp3) is 0.304. The lowest BCUT2D eigenvalue weighted by atomic mass is 10.0. The highest BCUT2D eigenvalue weighted by molar-refractivity contribution is 5.93. The zero-order valence-electron chi connectivity index (χ0n) is 15.6. The number of benzene rings is 2. The normalized spacial score (nSPS) is 13.7. The van der Waals surface area contributed by atoms with Gasteiger partial charge >= 0.3 is 5.69 Å². The van der Waals surface area contributed by atoms with Gasteiger partial charge in [0.25, 0.3) is 0 Å². The van der Waals surface area contributed by atoms with Crippen LogP contribution in [-0.2, 0) is 0 Å². The first-order valence-corrected chi connectivity index (χ1v) is 9.31. The van der Waals surface area contributed by atoms with Gasteiger partial charge in [0, 0.05) is 17.0 Å². The second-order valence-electron chi connectivity index (χ2n) is 7.27. The maximum atomic E-state index is 12.7. The maximum absolute atomic E-state index is 12.7. The molecule has 4 heteroatoms. The first kappa shape index (κ1) is 17.4. The SMILES string of the molecule is C#CCOc1ccc2c(c1)c(-c1ccc(C3CC3)cc1)nc(=O)n2C(C)C. The topological polar surface area (TPSA) is 44.1 Å². The largest absolute Gasteiger partial charge is 0.481 e. The molecule has 0 N–H and O–H groups in total. The fourth-order valence-electron chi connectivity index (χ4n) is 3.49. The number of ether oxygens (including phenoxy) is 1. The van der Waals surface area contributed by atoms with Gasteiger partial charge in [-0.25, -0.2) is 4.79 Å². The predicted molar refractivity (Wildman–Crippen MR) is 108 cm³/mol. The van der Waals surface area contributed by atoms with E-state index in [2.05, 4.69) is 35.2 Å². The van der Waals surface area contributed by atoms with E-state index < -0.39 is 0 Å². The highest BCUT2D eigenvalue weighted by atomic mass is 16.5. The quantitative estimate of drug-likeness (QED) is 0.629. The molecule has 0 atom stereocenters. The zero-order valence-corrected chi connectivity index (χ0v) is 15.6. The van der Waals surface area contributed by atoms with E-state index >= 15 is 0 Å². The monoisotopic (exact) mass is 358 g/mol. The van der Waals surface area contributed by atoms with Gasteiger partial charge in [-0.05, 0) is 56.4 Å². The average Bonchev–Trinajstić information content (AvgIpc) is 3.51. The molecule has 0 unspecified atom stereocenters. The molecule has 1 heterocycles. The van der Waals surface area contributed by atoms with Crippen molar-refractivity contribution in [3.63, 3.8) is 0 Å². The van der Waals surface area contributed by atoms with Gasteiger partial charge in [0.15, 0.2) is 0 Å². The molecule has 4 nitrogen and oxygen atoms in total. The minimum Gasteiger partial charge on any atom is -0.481 e. The van der Waals surface area contributed by atoms with Crippen LogP contribution < -0.4 is 10.4 Å². The van der Waals surface area contributed by atoms with Gasteiger partial charge in [-0.2, -0.15) is 4.98 Å². The Labute approximate surface area is 158 Å². The molecule has 1 aliphatic carbocycles. The molecule has 2 aromatic carbocycles. The number of terminal acetylenes is 1. The van der Waals surface area contributed by atoms with E-state index in [1.54, 1.807) is 4.57 Å². The predicted octanol–water partition coefficient (Wildman–Crippen LogP) is 4.53. The molecule has 0 spiro atoms. The number of hydrogen-bond acceptors (Lipinski definition) is 3. The molecule has 3 aromatic rings. The Morgan fingerprint density at radius 3 is 2.59 bits per heavy atom. The molecule has 27 heavy (non-hydrogen) atoms. The van der Waals surface area contributed by atoms with Gasteiger partial charge in [-0.1, -0.05) is 30.2 Å². The summed E-state index contributed by atoms with van der Waals surface area (Å²) in [5.41, 5.74) is 3.58. The second-order valence-corrected chi connectivity index (χ2v) is 7.27. The molecule has 1 aliphatic rings. The van der Waals surface area contributed by atoms with Crippen LogP contribution >= 0.6 is 0 Å². The van der Waals surface area contributed by atoms with Crippen LogP contribution in [0.25, 0.3) is 22.2 Å². The van der Waals surface area contributed by atoms with Crippen molar-refractivity contribution in [2.45, 2.75) is 38.6 Å². The first-order valence-electron chi connectivity index (χ1n) is 9.31. The number of nitrogens with zero attached hydrogens (tertiary/aromatic N) is 2. The summed E-state index contributed by atoms with van der Waals surface area (Å²) < 4.78 is 7.30. The summed E-state index contributed by atoms with van der Waals surface area (Å²) in [5, 5.41) is 0.886. The molecule has 0 saturated heterocycles. The van der Waals surface area contributed by atoms with Gasteiger partial charge in [-0.15, -0.1) is 6.42 Å². The molecular formula is C23H22N2O2. The van der Waals surface area contributed by atoms with E-state index in [0.29, 0.717) is 17.4 Å². The van der Waals surface area contributed by atoms with Crippen molar-refractivity contribution in [2.24, 2.45) is 0 Å². The van der Waals surface area contributed by atoms with Crippen molar-refractivity contribution in [3.05, 3.63) is 58.5 Å². The van der Waals surface area contributed by atoms with Crippen LogP contribution in [0.1, 0.15) is 44.2 Å². The fourth-order valence-corrected chi connectivity index (χ4v) is 3.49. The third-order valence-corrected chi connectivity index (χ3v) is 4.97. The standard InChI is InChI=1S/C23H22N2O2/c1-4-13-27-19-11-12-21-20(14-19)22(24-23(26)25(21)15(2)3)18-9-7-17(8-10-18)16-5-6-16/h1,7-12,14-16H,5-6,13H2,2-3H3. The van der Waals surface area contributed by atoms with E-state index in [4.69, 9.17) is 11.2 Å². The van der Waals surface area contributed by atoms with Crippen LogP contribution in [0.15, 0.2) is 47.3 Å². The molecule has 0 radical (unpaired) electrons. The van der Waals surface area contributed by atoms with Crippen LogP contribution in [0, 0.1) is 12.3 Å². The third kappa shape index (κ3) is 3.33. The smallest absolute Gasteiger partial charge is 0.348 e. The Morgan fingerprint density at radius 2 is 1.96 bits per heavy atom. The molecule has 0 bridgehead atoms. The molecule has 4 rings (SSSR count).